The lowest BCUT2D eigenvalue weighted by Crippen LogP contribution is -2.28. The van der Waals surface area contributed by atoms with E-state index in [4.69, 9.17) is 0 Å². The normalized spacial score (nSPS) is 12.0. The average Bonchev–Trinajstić information content (AvgIpc) is 2.34. The van der Waals surface area contributed by atoms with Crippen LogP contribution in [0.4, 0.5) is 13.2 Å². The molecule has 0 heterocycles. The summed E-state index contributed by atoms with van der Waals surface area (Å²) in [5.41, 5.74) is -1.33. The second-order valence-electron chi connectivity index (χ2n) is 4.77. The third kappa shape index (κ3) is 6.39. The molecule has 0 radical (unpaired) electrons. The van der Waals surface area contributed by atoms with Crippen LogP contribution in [0.25, 0.3) is 0 Å². The van der Waals surface area contributed by atoms with Crippen molar-refractivity contribution in [3.05, 3.63) is 0 Å². The molecule has 0 rings (SSSR count). The van der Waals surface area contributed by atoms with Gasteiger partial charge in [0, 0.05) is 0 Å². The van der Waals surface area contributed by atoms with Crippen LogP contribution >= 0.6 is 0 Å². The van der Waals surface area contributed by atoms with Crippen LogP contribution < -0.4 is 0 Å². The van der Waals surface area contributed by atoms with E-state index in [1.807, 2.05) is 0 Å². The summed E-state index contributed by atoms with van der Waals surface area (Å²) in [5, 5.41) is 0. The van der Waals surface area contributed by atoms with Crippen LogP contribution in [-0.4, -0.2) is 20.0 Å². The van der Waals surface area contributed by atoms with E-state index in [0.717, 1.165) is 19.3 Å². The van der Waals surface area contributed by atoms with Crippen LogP contribution in [0.2, 0.25) is 0 Å². The highest BCUT2D eigenvalue weighted by molar-refractivity contribution is 4.77. The molecule has 0 aromatic carbocycles. The highest BCUT2D eigenvalue weighted by Crippen LogP contribution is 2.27. The molecule has 0 aromatic rings. The predicted octanol–water partition coefficient (Wildman–Crippen LogP) is 5.02. The number of hydrogen-bond acceptors (Lipinski definition) is 0. The zero-order valence-corrected chi connectivity index (χ0v) is 10.4. The Balaban J connectivity index is 3.48. The highest BCUT2D eigenvalue weighted by Gasteiger charge is 2.30. The molecule has 0 unspecified atom stereocenters. The van der Waals surface area contributed by atoms with Crippen molar-refractivity contribution >= 4 is 0 Å². The van der Waals surface area contributed by atoms with Crippen molar-refractivity contribution in [2.45, 2.75) is 58.3 Å². The van der Waals surface area contributed by atoms with Gasteiger partial charge in [0.1, 0.15) is 20.0 Å². The van der Waals surface area contributed by atoms with Crippen LogP contribution in [0, 0.1) is 5.41 Å². The van der Waals surface area contributed by atoms with Gasteiger partial charge in [-0.05, 0) is 6.42 Å². The van der Waals surface area contributed by atoms with Crippen molar-refractivity contribution in [3.63, 3.8) is 0 Å². The van der Waals surface area contributed by atoms with Gasteiger partial charge in [0.05, 0.1) is 5.41 Å². The lowest BCUT2D eigenvalue weighted by Gasteiger charge is -2.23. The third-order valence-corrected chi connectivity index (χ3v) is 3.16. The molecule has 0 spiro atoms. The highest BCUT2D eigenvalue weighted by atomic mass is 19.1. The molecule has 0 aliphatic heterocycles. The molecule has 3 heteroatoms. The Labute approximate surface area is 97.6 Å². The van der Waals surface area contributed by atoms with Gasteiger partial charge in [0.25, 0.3) is 0 Å². The van der Waals surface area contributed by atoms with Crippen molar-refractivity contribution < 1.29 is 13.2 Å². The average molecular weight is 238 g/mol. The van der Waals surface area contributed by atoms with Crippen LogP contribution in [0.3, 0.4) is 0 Å². The fourth-order valence-corrected chi connectivity index (χ4v) is 1.76. The van der Waals surface area contributed by atoms with Gasteiger partial charge in [-0.1, -0.05) is 51.9 Å². The summed E-state index contributed by atoms with van der Waals surface area (Å²) in [5.74, 6) is 0. The van der Waals surface area contributed by atoms with Gasteiger partial charge in [0.2, 0.25) is 0 Å². The summed E-state index contributed by atoms with van der Waals surface area (Å²) in [6, 6.07) is 0. The fraction of sp³-hybridized carbons (Fsp3) is 1.00. The van der Waals surface area contributed by atoms with Crippen molar-refractivity contribution in [1.29, 1.82) is 0 Å². The lowest BCUT2D eigenvalue weighted by atomic mass is 9.86. The van der Waals surface area contributed by atoms with Gasteiger partial charge in [0.15, 0.2) is 0 Å². The van der Waals surface area contributed by atoms with E-state index in [9.17, 15) is 13.2 Å². The minimum Gasteiger partial charge on any atom is -0.250 e. The van der Waals surface area contributed by atoms with Crippen LogP contribution in [0.15, 0.2) is 0 Å². The summed E-state index contributed by atoms with van der Waals surface area (Å²) < 4.78 is 37.5. The molecule has 0 aromatic heterocycles. The molecule has 98 valence electrons. The Morgan fingerprint density at radius 3 is 1.56 bits per heavy atom. The molecule has 0 nitrogen and oxygen atoms in total. The Morgan fingerprint density at radius 1 is 0.688 bits per heavy atom. The van der Waals surface area contributed by atoms with E-state index in [2.05, 4.69) is 6.92 Å². The number of unbranched alkanes of at least 4 members (excludes halogenated alkanes) is 6. The Kier molecular flexibility index (Phi) is 9.85. The maximum atomic E-state index is 12.5. The standard InChI is InChI=1S/C13H25F3/c1-2-3-4-5-6-7-8-9-13(10-14,11-15)12-16/h2-12H2,1H3. The topological polar surface area (TPSA) is 0 Å². The van der Waals surface area contributed by atoms with E-state index in [0.29, 0.717) is 6.42 Å². The van der Waals surface area contributed by atoms with Gasteiger partial charge in [-0.2, -0.15) is 0 Å². The molecule has 0 bridgehead atoms. The van der Waals surface area contributed by atoms with Crippen LogP contribution in [-0.2, 0) is 0 Å². The molecule has 16 heavy (non-hydrogen) atoms. The summed E-state index contributed by atoms with van der Waals surface area (Å²) in [6.45, 7) is -0.473. The Bertz CT molecular complexity index is 136. The Hall–Kier alpha value is -0.210. The summed E-state index contributed by atoms with van der Waals surface area (Å²) in [4.78, 5) is 0. The fourth-order valence-electron chi connectivity index (χ4n) is 1.76. The summed E-state index contributed by atoms with van der Waals surface area (Å²) >= 11 is 0. The van der Waals surface area contributed by atoms with Gasteiger partial charge in [-0.3, -0.25) is 13.2 Å². The molecule has 0 aliphatic carbocycles. The first-order valence-electron chi connectivity index (χ1n) is 6.42. The Morgan fingerprint density at radius 2 is 1.12 bits per heavy atom. The summed E-state index contributed by atoms with van der Waals surface area (Å²) in [6.07, 6.45) is 8.03. The van der Waals surface area contributed by atoms with E-state index in [1.165, 1.54) is 25.7 Å². The van der Waals surface area contributed by atoms with E-state index < -0.39 is 25.4 Å². The molecule has 0 fully saturated rings. The maximum absolute atomic E-state index is 12.5. The van der Waals surface area contributed by atoms with E-state index >= 15 is 0 Å². The second-order valence-corrected chi connectivity index (χ2v) is 4.77. The molecule has 0 saturated carbocycles. The quantitative estimate of drug-likeness (QED) is 0.443. The summed E-state index contributed by atoms with van der Waals surface area (Å²) in [7, 11) is 0. The van der Waals surface area contributed by atoms with E-state index in [1.54, 1.807) is 0 Å². The molecule has 0 atom stereocenters. The van der Waals surface area contributed by atoms with Crippen molar-refractivity contribution in [3.8, 4) is 0 Å². The molecular formula is C13H25F3. The van der Waals surface area contributed by atoms with Gasteiger partial charge in [-0.15, -0.1) is 0 Å². The van der Waals surface area contributed by atoms with Gasteiger partial charge < -0.3 is 0 Å². The number of hydrogen-bond donors (Lipinski definition) is 0. The van der Waals surface area contributed by atoms with Crippen LogP contribution in [0.5, 0.6) is 0 Å². The molecule has 0 N–H and O–H groups in total. The van der Waals surface area contributed by atoms with Gasteiger partial charge >= 0.3 is 0 Å². The van der Waals surface area contributed by atoms with Crippen molar-refractivity contribution in [1.82, 2.24) is 0 Å². The second kappa shape index (κ2) is 9.98. The molecule has 0 saturated heterocycles. The molecule has 0 aliphatic rings. The van der Waals surface area contributed by atoms with Crippen LogP contribution in [0.1, 0.15) is 58.3 Å². The third-order valence-electron chi connectivity index (χ3n) is 3.16. The largest absolute Gasteiger partial charge is 0.250 e. The van der Waals surface area contributed by atoms with Crippen molar-refractivity contribution in [2.75, 3.05) is 20.0 Å². The first kappa shape index (κ1) is 15.8. The minimum atomic E-state index is -1.33. The number of halogens is 3. The smallest absolute Gasteiger partial charge is 0.100 e. The molecule has 0 amide bonds. The first-order chi connectivity index (χ1) is 7.74. The lowest BCUT2D eigenvalue weighted by molar-refractivity contribution is 0.0987. The monoisotopic (exact) mass is 238 g/mol. The first-order valence-corrected chi connectivity index (χ1v) is 6.42. The zero-order valence-electron chi connectivity index (χ0n) is 10.4. The van der Waals surface area contributed by atoms with E-state index in [-0.39, 0.29) is 0 Å². The van der Waals surface area contributed by atoms with Crippen molar-refractivity contribution in [2.24, 2.45) is 5.41 Å². The SMILES string of the molecule is CCCCCCCCCC(CF)(CF)CF. The minimum absolute atomic E-state index is 0.338. The maximum Gasteiger partial charge on any atom is 0.100 e. The van der Waals surface area contributed by atoms with Gasteiger partial charge in [-0.25, -0.2) is 0 Å². The number of rotatable bonds is 11. The zero-order chi connectivity index (χ0) is 12.3. The molecular weight excluding hydrogens is 213 g/mol. The predicted molar refractivity (Wildman–Crippen MR) is 63.0 cm³/mol. The number of alkyl halides is 3.